The number of anilines is 1. The molecule has 3 rings (SSSR count). The van der Waals surface area contributed by atoms with Gasteiger partial charge in [0.2, 0.25) is 0 Å². The van der Waals surface area contributed by atoms with E-state index in [9.17, 15) is 4.79 Å². The van der Waals surface area contributed by atoms with E-state index in [4.69, 9.17) is 14.2 Å². The van der Waals surface area contributed by atoms with Gasteiger partial charge in [0.05, 0.1) is 5.69 Å². The van der Waals surface area contributed by atoms with Crippen molar-refractivity contribution in [1.82, 2.24) is 0 Å². The van der Waals surface area contributed by atoms with Crippen molar-refractivity contribution in [2.24, 2.45) is 0 Å². The Morgan fingerprint density at radius 1 is 1.08 bits per heavy atom. The van der Waals surface area contributed by atoms with Gasteiger partial charge in [-0.1, -0.05) is 58.4 Å². The number of fused-ring (bicyclic) bond motifs is 1. The summed E-state index contributed by atoms with van der Waals surface area (Å²) in [6.07, 6.45) is 3.44. The first-order chi connectivity index (χ1) is 12.8. The lowest BCUT2D eigenvalue weighted by Gasteiger charge is -2.24. The Labute approximate surface area is 161 Å². The zero-order chi connectivity index (χ0) is 18.2. The number of hydrogen-bond donors (Lipinski definition) is 0. The zero-order valence-electron chi connectivity index (χ0n) is 14.3. The van der Waals surface area contributed by atoms with E-state index >= 15 is 0 Å². The molecular formula is C20H20BrNO4. The van der Waals surface area contributed by atoms with Crippen LogP contribution in [0, 0.1) is 0 Å². The summed E-state index contributed by atoms with van der Waals surface area (Å²) in [6.45, 7) is 1.66. The molecule has 6 heteroatoms. The quantitative estimate of drug-likeness (QED) is 0.510. The first-order valence-electron chi connectivity index (χ1n) is 8.37. The summed E-state index contributed by atoms with van der Waals surface area (Å²) < 4.78 is 16.7. The van der Waals surface area contributed by atoms with Gasteiger partial charge in [-0.25, -0.2) is 4.79 Å². The van der Waals surface area contributed by atoms with E-state index in [2.05, 4.69) is 15.9 Å². The predicted octanol–water partition coefficient (Wildman–Crippen LogP) is 4.55. The van der Waals surface area contributed by atoms with Crippen LogP contribution in [0.3, 0.4) is 0 Å². The molecule has 0 atom stereocenters. The molecule has 0 unspecified atom stereocenters. The molecule has 1 heterocycles. The standard InChI is InChI=1S/C20H20BrNO4/c21-10-4-5-11-22(20(23)26-15-16-6-2-1-3-7-16)17-8-9-18-19(14-17)25-13-12-24-18/h1-9,14H,10-13,15H2. The number of ether oxygens (including phenoxy) is 3. The summed E-state index contributed by atoms with van der Waals surface area (Å²) in [6, 6.07) is 15.1. The number of benzene rings is 2. The Bertz CT molecular complexity index is 764. The fraction of sp³-hybridized carbons (Fsp3) is 0.250. The SMILES string of the molecule is O=C(OCc1ccccc1)N(CC=CCBr)c1ccc2c(c1)OCCO2. The second-order valence-electron chi connectivity index (χ2n) is 5.60. The Hall–Kier alpha value is -2.47. The molecular weight excluding hydrogens is 398 g/mol. The average molecular weight is 418 g/mol. The molecule has 0 saturated carbocycles. The maximum Gasteiger partial charge on any atom is 0.414 e. The van der Waals surface area contributed by atoms with Gasteiger partial charge in [-0.3, -0.25) is 4.90 Å². The highest BCUT2D eigenvalue weighted by Crippen LogP contribution is 2.34. The maximum atomic E-state index is 12.7. The molecule has 0 saturated heterocycles. The fourth-order valence-corrected chi connectivity index (χ4v) is 2.79. The first kappa shape index (κ1) is 18.3. The number of carbonyl (C=O) groups is 1. The summed E-state index contributed by atoms with van der Waals surface area (Å²) in [4.78, 5) is 14.2. The van der Waals surface area contributed by atoms with E-state index in [0.29, 0.717) is 36.9 Å². The van der Waals surface area contributed by atoms with E-state index in [1.54, 1.807) is 11.0 Å². The summed E-state index contributed by atoms with van der Waals surface area (Å²) >= 11 is 3.35. The predicted molar refractivity (Wildman–Crippen MR) is 104 cm³/mol. The second kappa shape index (κ2) is 9.29. The van der Waals surface area contributed by atoms with Crippen LogP contribution in [-0.2, 0) is 11.3 Å². The highest BCUT2D eigenvalue weighted by molar-refractivity contribution is 9.09. The molecule has 0 fully saturated rings. The van der Waals surface area contributed by atoms with Crippen molar-refractivity contribution in [2.45, 2.75) is 6.61 Å². The number of halogens is 1. The van der Waals surface area contributed by atoms with Crippen molar-refractivity contribution in [3.8, 4) is 11.5 Å². The highest BCUT2D eigenvalue weighted by atomic mass is 79.9. The minimum absolute atomic E-state index is 0.225. The Morgan fingerprint density at radius 3 is 2.62 bits per heavy atom. The third kappa shape index (κ3) is 4.79. The van der Waals surface area contributed by atoms with E-state index in [-0.39, 0.29) is 6.61 Å². The number of amides is 1. The van der Waals surface area contributed by atoms with Gasteiger partial charge in [0.15, 0.2) is 11.5 Å². The third-order valence-electron chi connectivity index (χ3n) is 3.81. The summed E-state index contributed by atoms with van der Waals surface area (Å²) in [5, 5.41) is 0.723. The van der Waals surface area contributed by atoms with E-state index in [0.717, 1.165) is 10.9 Å². The van der Waals surface area contributed by atoms with Crippen LogP contribution in [0.25, 0.3) is 0 Å². The number of rotatable bonds is 6. The van der Waals surface area contributed by atoms with Crippen molar-refractivity contribution >= 4 is 27.7 Å². The molecule has 0 radical (unpaired) electrons. The van der Waals surface area contributed by atoms with Gasteiger partial charge in [0, 0.05) is 17.9 Å². The molecule has 2 aromatic rings. The summed E-state index contributed by atoms with van der Waals surface area (Å²) in [5.41, 5.74) is 1.64. The van der Waals surface area contributed by atoms with Crippen LogP contribution >= 0.6 is 15.9 Å². The number of nitrogens with zero attached hydrogens (tertiary/aromatic N) is 1. The van der Waals surface area contributed by atoms with Crippen molar-refractivity contribution in [1.29, 1.82) is 0 Å². The summed E-state index contributed by atoms with van der Waals surface area (Å²) in [7, 11) is 0. The molecule has 1 aliphatic heterocycles. The van der Waals surface area contributed by atoms with Crippen molar-refractivity contribution in [2.75, 3.05) is 30.0 Å². The molecule has 0 N–H and O–H groups in total. The Balaban J connectivity index is 1.75. The van der Waals surface area contributed by atoms with Gasteiger partial charge in [-0.15, -0.1) is 0 Å². The molecule has 1 amide bonds. The third-order valence-corrected chi connectivity index (χ3v) is 4.18. The summed E-state index contributed by atoms with van der Waals surface area (Å²) in [5.74, 6) is 1.33. The van der Waals surface area contributed by atoms with Crippen LogP contribution in [0.4, 0.5) is 10.5 Å². The second-order valence-corrected chi connectivity index (χ2v) is 6.25. The molecule has 2 aromatic carbocycles. The largest absolute Gasteiger partial charge is 0.486 e. The number of carbonyl (C=O) groups excluding carboxylic acids is 1. The number of allylic oxidation sites excluding steroid dienone is 1. The van der Waals surface area contributed by atoms with E-state index in [1.807, 2.05) is 54.6 Å². The minimum Gasteiger partial charge on any atom is -0.486 e. The molecule has 0 aliphatic carbocycles. The van der Waals surface area contributed by atoms with Crippen molar-refractivity contribution in [3.63, 3.8) is 0 Å². The van der Waals surface area contributed by atoms with Gasteiger partial charge >= 0.3 is 6.09 Å². The van der Waals surface area contributed by atoms with Gasteiger partial charge in [0.25, 0.3) is 0 Å². The van der Waals surface area contributed by atoms with Crippen LogP contribution in [0.5, 0.6) is 11.5 Å². The lowest BCUT2D eigenvalue weighted by molar-refractivity contribution is 0.147. The molecule has 26 heavy (non-hydrogen) atoms. The fourth-order valence-electron chi connectivity index (χ4n) is 2.53. The molecule has 136 valence electrons. The molecule has 5 nitrogen and oxygen atoms in total. The van der Waals surface area contributed by atoms with E-state index < -0.39 is 6.09 Å². The molecule has 1 aliphatic rings. The van der Waals surface area contributed by atoms with Crippen molar-refractivity contribution < 1.29 is 19.0 Å². The van der Waals surface area contributed by atoms with Crippen LogP contribution in [0.2, 0.25) is 0 Å². The number of hydrogen-bond acceptors (Lipinski definition) is 4. The lowest BCUT2D eigenvalue weighted by Crippen LogP contribution is -2.31. The Morgan fingerprint density at radius 2 is 1.85 bits per heavy atom. The normalized spacial score (nSPS) is 12.8. The van der Waals surface area contributed by atoms with Crippen LogP contribution in [-0.4, -0.2) is 31.2 Å². The maximum absolute atomic E-state index is 12.7. The lowest BCUT2D eigenvalue weighted by atomic mass is 10.2. The molecule has 0 spiro atoms. The molecule has 0 aromatic heterocycles. The van der Waals surface area contributed by atoms with Gasteiger partial charge in [-0.2, -0.15) is 0 Å². The highest BCUT2D eigenvalue weighted by Gasteiger charge is 2.20. The minimum atomic E-state index is -0.412. The van der Waals surface area contributed by atoms with Crippen LogP contribution in [0.15, 0.2) is 60.7 Å². The van der Waals surface area contributed by atoms with Gasteiger partial charge in [-0.05, 0) is 17.7 Å². The monoisotopic (exact) mass is 417 g/mol. The zero-order valence-corrected chi connectivity index (χ0v) is 15.9. The number of alkyl halides is 1. The first-order valence-corrected chi connectivity index (χ1v) is 9.49. The average Bonchev–Trinajstić information content (AvgIpc) is 2.70. The Kier molecular flexibility index (Phi) is 6.55. The van der Waals surface area contributed by atoms with Crippen LogP contribution < -0.4 is 14.4 Å². The molecule has 0 bridgehead atoms. The van der Waals surface area contributed by atoms with Crippen molar-refractivity contribution in [3.05, 3.63) is 66.2 Å². The van der Waals surface area contributed by atoms with E-state index in [1.165, 1.54) is 0 Å². The van der Waals surface area contributed by atoms with Gasteiger partial charge < -0.3 is 14.2 Å². The topological polar surface area (TPSA) is 48.0 Å². The van der Waals surface area contributed by atoms with Crippen LogP contribution in [0.1, 0.15) is 5.56 Å². The van der Waals surface area contributed by atoms with Gasteiger partial charge in [0.1, 0.15) is 19.8 Å². The smallest absolute Gasteiger partial charge is 0.414 e.